The van der Waals surface area contributed by atoms with Crippen LogP contribution in [0.1, 0.15) is 226 Å². The van der Waals surface area contributed by atoms with Crippen molar-refractivity contribution in [2.75, 3.05) is 40.9 Å². The molecule has 3 unspecified atom stereocenters. The number of phosphoric ester groups is 1. The van der Waals surface area contributed by atoms with Crippen molar-refractivity contribution in [3.63, 3.8) is 0 Å². The highest BCUT2D eigenvalue weighted by molar-refractivity contribution is 7.45. The molecular formula is C60H107N2O6P. The average molecular weight is 983 g/mol. The highest BCUT2D eigenvalue weighted by Gasteiger charge is 2.23. The fourth-order valence-corrected chi connectivity index (χ4v) is 8.37. The van der Waals surface area contributed by atoms with Crippen LogP contribution >= 0.6 is 7.82 Å². The van der Waals surface area contributed by atoms with Crippen LogP contribution in [0.3, 0.4) is 0 Å². The molecule has 0 aromatic heterocycles. The summed E-state index contributed by atoms with van der Waals surface area (Å²) in [6, 6.07) is -0.919. The summed E-state index contributed by atoms with van der Waals surface area (Å²) in [5.41, 5.74) is 0. The number of carbonyl (C=O) groups is 1. The summed E-state index contributed by atoms with van der Waals surface area (Å²) in [6.45, 7) is 4.50. The van der Waals surface area contributed by atoms with E-state index >= 15 is 0 Å². The molecule has 0 heterocycles. The fourth-order valence-electron chi connectivity index (χ4n) is 7.64. The van der Waals surface area contributed by atoms with Gasteiger partial charge in [-0.15, -0.1) is 0 Å². The fraction of sp³-hybridized carbons (Fsp3) is 0.717. The first-order valence-corrected chi connectivity index (χ1v) is 29.6. The summed E-state index contributed by atoms with van der Waals surface area (Å²) >= 11 is 0. The number of hydrogen-bond acceptors (Lipinski definition) is 6. The van der Waals surface area contributed by atoms with Crippen molar-refractivity contribution in [2.45, 2.75) is 238 Å². The van der Waals surface area contributed by atoms with Gasteiger partial charge in [0.15, 0.2) is 0 Å². The van der Waals surface area contributed by atoms with E-state index in [0.29, 0.717) is 17.4 Å². The van der Waals surface area contributed by atoms with Crippen molar-refractivity contribution in [1.29, 1.82) is 0 Å². The molecule has 0 rings (SSSR count). The molecular weight excluding hydrogens is 876 g/mol. The monoisotopic (exact) mass is 983 g/mol. The van der Waals surface area contributed by atoms with Crippen LogP contribution < -0.4 is 10.2 Å². The Labute approximate surface area is 426 Å². The van der Waals surface area contributed by atoms with Crippen LogP contribution in [0, 0.1) is 0 Å². The van der Waals surface area contributed by atoms with Gasteiger partial charge < -0.3 is 28.8 Å². The number of hydrogen-bond donors (Lipinski definition) is 2. The molecule has 0 aromatic rings. The van der Waals surface area contributed by atoms with E-state index in [1.807, 2.05) is 27.2 Å². The molecule has 0 aliphatic carbocycles. The zero-order valence-electron chi connectivity index (χ0n) is 45.2. The molecule has 9 heteroatoms. The summed E-state index contributed by atoms with van der Waals surface area (Å²) in [5, 5.41) is 13.9. The van der Waals surface area contributed by atoms with E-state index in [0.717, 1.165) is 103 Å². The molecule has 0 radical (unpaired) electrons. The number of quaternary nitrogens is 1. The standard InChI is InChI=1S/C60H107N2O6P/c1-6-8-10-12-14-16-18-20-22-24-26-28-30-31-32-34-36-38-40-42-44-46-48-50-52-54-60(64)61-58(57-68-69(65,66)67-56-55-62(3,4)5)59(63)53-51-49-47-45-43-41-39-37-35-33-29-27-25-23-21-19-17-15-13-11-9-7-2/h8,10,14,16,20,22,26,28,31-32,36,38,43,45,51,53,58-59,63H,6-7,9,11-13,15,17-19,21,23-25,27,29-30,33-35,37,39-42,44,46-50,52,54-57H2,1-5H3,(H-,61,64,65,66)/b10-8-,16-14-,22-20-,28-26-,32-31-,38-36-,45-43+,53-51+. The number of aliphatic hydroxyl groups excluding tert-OH is 1. The maximum atomic E-state index is 13.0. The lowest BCUT2D eigenvalue weighted by molar-refractivity contribution is -0.870. The lowest BCUT2D eigenvalue weighted by Crippen LogP contribution is -2.45. The maximum absolute atomic E-state index is 13.0. The van der Waals surface area contributed by atoms with Crippen molar-refractivity contribution in [3.8, 4) is 0 Å². The Bertz CT molecular complexity index is 1440. The van der Waals surface area contributed by atoms with Crippen LogP contribution in [0.25, 0.3) is 0 Å². The number of likely N-dealkylation sites (N-methyl/N-ethyl adjacent to an activating group) is 1. The molecule has 2 N–H and O–H groups in total. The van der Waals surface area contributed by atoms with Gasteiger partial charge in [0.25, 0.3) is 7.82 Å². The van der Waals surface area contributed by atoms with Gasteiger partial charge in [0.05, 0.1) is 39.9 Å². The van der Waals surface area contributed by atoms with Crippen LogP contribution in [0.2, 0.25) is 0 Å². The van der Waals surface area contributed by atoms with E-state index in [-0.39, 0.29) is 12.5 Å². The smallest absolute Gasteiger partial charge is 0.268 e. The molecule has 0 spiro atoms. The van der Waals surface area contributed by atoms with Gasteiger partial charge >= 0.3 is 0 Å². The number of amides is 1. The first-order valence-electron chi connectivity index (χ1n) is 28.1. The first-order chi connectivity index (χ1) is 33.5. The van der Waals surface area contributed by atoms with Crippen molar-refractivity contribution in [3.05, 3.63) is 97.2 Å². The van der Waals surface area contributed by atoms with E-state index < -0.39 is 26.6 Å². The van der Waals surface area contributed by atoms with Gasteiger partial charge in [0.1, 0.15) is 13.2 Å². The number of nitrogens with one attached hydrogen (secondary N) is 1. The molecule has 0 saturated heterocycles. The topological polar surface area (TPSA) is 108 Å². The predicted molar refractivity (Wildman–Crippen MR) is 297 cm³/mol. The Kier molecular flexibility index (Phi) is 48.5. The summed E-state index contributed by atoms with van der Waals surface area (Å²) in [4.78, 5) is 25.5. The van der Waals surface area contributed by atoms with Crippen LogP contribution in [0.15, 0.2) is 97.2 Å². The van der Waals surface area contributed by atoms with Gasteiger partial charge in [-0.2, -0.15) is 0 Å². The van der Waals surface area contributed by atoms with Crippen molar-refractivity contribution >= 4 is 13.7 Å². The maximum Gasteiger partial charge on any atom is 0.268 e. The van der Waals surface area contributed by atoms with Gasteiger partial charge in [-0.3, -0.25) is 9.36 Å². The number of phosphoric acid groups is 1. The number of nitrogens with zero attached hydrogens (tertiary/aromatic N) is 1. The minimum absolute atomic E-state index is 0.0146. The number of rotatable bonds is 50. The molecule has 0 aliphatic rings. The SMILES string of the molecule is CC/C=C\C/C=C\C/C=C\C/C=C\C/C=C\C/C=C\CCCCCCCCC(=O)NC(COP(=O)([O-])OCC[N+](C)(C)C)C(O)/C=C/CC/C=C/CCCCCCCCCCCCCCCCCC. The average Bonchev–Trinajstić information content (AvgIpc) is 3.31. The molecule has 0 bridgehead atoms. The third-order valence-corrected chi connectivity index (χ3v) is 13.0. The molecule has 0 aromatic carbocycles. The number of allylic oxidation sites excluding steroid dienone is 15. The van der Waals surface area contributed by atoms with E-state index in [1.54, 1.807) is 6.08 Å². The van der Waals surface area contributed by atoms with Crippen molar-refractivity contribution in [2.24, 2.45) is 0 Å². The van der Waals surface area contributed by atoms with Crippen LogP contribution in [0.4, 0.5) is 0 Å². The molecule has 0 aliphatic heterocycles. The normalized spacial score (nSPS) is 14.7. The summed E-state index contributed by atoms with van der Waals surface area (Å²) < 4.78 is 23.3. The third kappa shape index (κ3) is 53.1. The van der Waals surface area contributed by atoms with Crippen LogP contribution in [0.5, 0.6) is 0 Å². The second-order valence-electron chi connectivity index (χ2n) is 19.9. The molecule has 3 atom stereocenters. The number of unbranched alkanes of at least 4 members (excludes halogenated alkanes) is 23. The van der Waals surface area contributed by atoms with Gasteiger partial charge in [0, 0.05) is 6.42 Å². The minimum atomic E-state index is -4.62. The Balaban J connectivity index is 4.35. The number of aliphatic hydroxyl groups is 1. The van der Waals surface area contributed by atoms with Gasteiger partial charge in [0.2, 0.25) is 5.91 Å². The second kappa shape index (κ2) is 50.4. The zero-order valence-corrected chi connectivity index (χ0v) is 46.1. The van der Waals surface area contributed by atoms with Crippen LogP contribution in [-0.4, -0.2) is 68.5 Å². The zero-order chi connectivity index (χ0) is 50.6. The largest absolute Gasteiger partial charge is 0.756 e. The van der Waals surface area contributed by atoms with E-state index in [9.17, 15) is 19.4 Å². The Hall–Kier alpha value is -2.58. The van der Waals surface area contributed by atoms with E-state index in [2.05, 4.69) is 104 Å². The summed E-state index contributed by atoms with van der Waals surface area (Å²) in [6.07, 6.45) is 71.9. The minimum Gasteiger partial charge on any atom is -0.756 e. The Morgan fingerprint density at radius 2 is 0.899 bits per heavy atom. The molecule has 8 nitrogen and oxygen atoms in total. The quantitative estimate of drug-likeness (QED) is 0.0272. The second-order valence-corrected chi connectivity index (χ2v) is 21.3. The van der Waals surface area contributed by atoms with E-state index in [4.69, 9.17) is 9.05 Å². The summed E-state index contributed by atoms with van der Waals surface area (Å²) in [5.74, 6) is -0.225. The molecule has 0 saturated carbocycles. The van der Waals surface area contributed by atoms with Gasteiger partial charge in [-0.1, -0.05) is 233 Å². The van der Waals surface area contributed by atoms with Crippen molar-refractivity contribution < 1.29 is 32.9 Å². The highest BCUT2D eigenvalue weighted by atomic mass is 31.2. The van der Waals surface area contributed by atoms with Gasteiger partial charge in [-0.25, -0.2) is 0 Å². The lowest BCUT2D eigenvalue weighted by Gasteiger charge is -2.29. The van der Waals surface area contributed by atoms with Gasteiger partial charge in [-0.05, 0) is 83.5 Å². The third-order valence-electron chi connectivity index (χ3n) is 12.0. The highest BCUT2D eigenvalue weighted by Crippen LogP contribution is 2.38. The van der Waals surface area contributed by atoms with Crippen LogP contribution in [-0.2, 0) is 18.4 Å². The lowest BCUT2D eigenvalue weighted by atomic mass is 10.0. The summed E-state index contributed by atoms with van der Waals surface area (Å²) in [7, 11) is 1.22. The van der Waals surface area contributed by atoms with Crippen molar-refractivity contribution in [1.82, 2.24) is 5.32 Å². The Morgan fingerprint density at radius 1 is 0.522 bits per heavy atom. The Morgan fingerprint density at radius 3 is 1.35 bits per heavy atom. The predicted octanol–water partition coefficient (Wildman–Crippen LogP) is 16.4. The number of carbonyl (C=O) groups excluding carboxylic acids is 1. The molecule has 398 valence electrons. The first kappa shape index (κ1) is 66.4. The molecule has 0 fully saturated rings. The molecule has 69 heavy (non-hydrogen) atoms. The van der Waals surface area contributed by atoms with E-state index in [1.165, 1.54) is 103 Å². The molecule has 1 amide bonds.